The molecule has 6 nitrogen and oxygen atoms in total. The van der Waals surface area contributed by atoms with Gasteiger partial charge in [0.15, 0.2) is 15.9 Å². The maximum absolute atomic E-state index is 12.4. The maximum atomic E-state index is 12.4. The topological polar surface area (TPSA) is 101 Å². The summed E-state index contributed by atoms with van der Waals surface area (Å²) in [6.45, 7) is 1.84. The summed E-state index contributed by atoms with van der Waals surface area (Å²) in [7, 11) is -3.45. The molecule has 0 aromatic heterocycles. The molecule has 2 N–H and O–H groups in total. The van der Waals surface area contributed by atoms with Crippen LogP contribution < -0.4 is 5.32 Å². The molecule has 0 bridgehead atoms. The third-order valence-corrected chi connectivity index (χ3v) is 4.99. The van der Waals surface area contributed by atoms with Crippen LogP contribution >= 0.6 is 0 Å². The van der Waals surface area contributed by atoms with Gasteiger partial charge in [0.25, 0.3) is 5.91 Å². The SMILES string of the molecule is CC(C)S(=O)(=O)c1ccc(C(=O)NC(CF)C(=O)O)cc1. The number of carbonyl (C=O) groups excluding carboxylic acids is 1. The van der Waals surface area contributed by atoms with Crippen LogP contribution in [0.5, 0.6) is 0 Å². The summed E-state index contributed by atoms with van der Waals surface area (Å²) >= 11 is 0. The van der Waals surface area contributed by atoms with Gasteiger partial charge in [-0.1, -0.05) is 0 Å². The Kier molecular flexibility index (Phi) is 5.42. The summed E-state index contributed by atoms with van der Waals surface area (Å²) in [5.41, 5.74) is 0.0532. The normalized spacial score (nSPS) is 13.0. The average Bonchev–Trinajstić information content (AvgIpc) is 2.44. The minimum Gasteiger partial charge on any atom is -0.480 e. The largest absolute Gasteiger partial charge is 0.480 e. The highest BCUT2D eigenvalue weighted by Gasteiger charge is 2.22. The first-order chi connectivity index (χ1) is 9.70. The highest BCUT2D eigenvalue weighted by atomic mass is 32.2. The maximum Gasteiger partial charge on any atom is 0.328 e. The van der Waals surface area contributed by atoms with Crippen molar-refractivity contribution in [3.05, 3.63) is 29.8 Å². The lowest BCUT2D eigenvalue weighted by Gasteiger charge is -2.11. The molecule has 21 heavy (non-hydrogen) atoms. The van der Waals surface area contributed by atoms with Gasteiger partial charge in [-0.2, -0.15) is 0 Å². The number of nitrogens with one attached hydrogen (secondary N) is 1. The summed E-state index contributed by atoms with van der Waals surface area (Å²) in [6.07, 6.45) is 0. The number of benzene rings is 1. The van der Waals surface area contributed by atoms with Crippen molar-refractivity contribution in [3.63, 3.8) is 0 Å². The van der Waals surface area contributed by atoms with E-state index in [0.717, 1.165) is 0 Å². The van der Waals surface area contributed by atoms with Crippen molar-refractivity contribution in [2.24, 2.45) is 0 Å². The molecule has 1 rings (SSSR count). The number of sulfone groups is 1. The number of alkyl halides is 1. The van der Waals surface area contributed by atoms with Gasteiger partial charge in [-0.15, -0.1) is 0 Å². The molecule has 0 radical (unpaired) electrons. The van der Waals surface area contributed by atoms with Gasteiger partial charge in [0, 0.05) is 5.56 Å². The quantitative estimate of drug-likeness (QED) is 0.816. The Morgan fingerprint density at radius 1 is 1.24 bits per heavy atom. The van der Waals surface area contributed by atoms with E-state index in [2.05, 4.69) is 0 Å². The van der Waals surface area contributed by atoms with Crippen molar-refractivity contribution in [1.82, 2.24) is 5.32 Å². The minimum atomic E-state index is -3.45. The summed E-state index contributed by atoms with van der Waals surface area (Å²) in [5.74, 6) is -2.27. The smallest absolute Gasteiger partial charge is 0.328 e. The van der Waals surface area contributed by atoms with Crippen LogP contribution in [-0.2, 0) is 14.6 Å². The van der Waals surface area contributed by atoms with Crippen LogP contribution in [0.15, 0.2) is 29.2 Å². The van der Waals surface area contributed by atoms with Crippen molar-refractivity contribution in [3.8, 4) is 0 Å². The first-order valence-electron chi connectivity index (χ1n) is 6.13. The molecule has 0 aliphatic carbocycles. The molecule has 8 heteroatoms. The summed E-state index contributed by atoms with van der Waals surface area (Å²) in [6, 6.07) is 3.39. The van der Waals surface area contributed by atoms with Gasteiger partial charge in [0.1, 0.15) is 6.67 Å². The zero-order valence-electron chi connectivity index (χ0n) is 11.5. The fourth-order valence-electron chi connectivity index (χ4n) is 1.48. The summed E-state index contributed by atoms with van der Waals surface area (Å²) < 4.78 is 36.2. The zero-order chi connectivity index (χ0) is 16.2. The second-order valence-corrected chi connectivity index (χ2v) is 7.14. The molecule has 116 valence electrons. The van der Waals surface area contributed by atoms with Crippen LogP contribution in [0.1, 0.15) is 24.2 Å². The number of aliphatic carboxylic acids is 1. The van der Waals surface area contributed by atoms with Crippen LogP contribution in [0.2, 0.25) is 0 Å². The van der Waals surface area contributed by atoms with Gasteiger partial charge >= 0.3 is 5.97 Å². The molecule has 1 unspecified atom stereocenters. The molecule has 1 aromatic carbocycles. The first kappa shape index (κ1) is 17.1. The number of carboxylic acid groups (broad SMARTS) is 1. The molecular weight excluding hydrogens is 301 g/mol. The van der Waals surface area contributed by atoms with E-state index >= 15 is 0 Å². The number of hydrogen-bond donors (Lipinski definition) is 2. The third kappa shape index (κ3) is 4.01. The van der Waals surface area contributed by atoms with E-state index in [0.29, 0.717) is 0 Å². The highest BCUT2D eigenvalue weighted by Crippen LogP contribution is 2.16. The van der Waals surface area contributed by atoms with E-state index in [1.807, 2.05) is 5.32 Å². The molecular formula is C13H16FNO5S. The van der Waals surface area contributed by atoms with Crippen LogP contribution in [0.4, 0.5) is 4.39 Å². The lowest BCUT2D eigenvalue weighted by molar-refractivity contribution is -0.139. The summed E-state index contributed by atoms with van der Waals surface area (Å²) in [5, 5.41) is 10.1. The molecule has 1 amide bonds. The van der Waals surface area contributed by atoms with Gasteiger partial charge in [0.05, 0.1) is 10.1 Å². The van der Waals surface area contributed by atoms with E-state index < -0.39 is 39.7 Å². The van der Waals surface area contributed by atoms with Gasteiger partial charge < -0.3 is 10.4 Å². The molecule has 0 aliphatic rings. The standard InChI is InChI=1S/C13H16FNO5S/c1-8(2)21(19,20)10-5-3-9(4-6-10)12(16)15-11(7-14)13(17)18/h3-6,8,11H,7H2,1-2H3,(H,15,16)(H,17,18). The second-order valence-electron chi connectivity index (χ2n) is 4.64. The van der Waals surface area contributed by atoms with Crippen LogP contribution in [-0.4, -0.2) is 43.4 Å². The fourth-order valence-corrected chi connectivity index (χ4v) is 2.54. The third-order valence-electron chi connectivity index (χ3n) is 2.82. The Hall–Kier alpha value is -1.96. The number of rotatable bonds is 6. The van der Waals surface area contributed by atoms with E-state index in [4.69, 9.17) is 5.11 Å². The van der Waals surface area contributed by atoms with Crippen molar-refractivity contribution in [2.75, 3.05) is 6.67 Å². The number of amides is 1. The lowest BCUT2D eigenvalue weighted by atomic mass is 10.2. The zero-order valence-corrected chi connectivity index (χ0v) is 12.4. The molecule has 0 fully saturated rings. The number of carboxylic acids is 1. The molecule has 1 aromatic rings. The van der Waals surface area contributed by atoms with Gasteiger partial charge in [-0.05, 0) is 38.1 Å². The van der Waals surface area contributed by atoms with Crippen LogP contribution in [0.3, 0.4) is 0 Å². The Bertz CT molecular complexity index is 624. The molecule has 0 saturated heterocycles. The number of halogens is 1. The van der Waals surface area contributed by atoms with E-state index in [-0.39, 0.29) is 10.5 Å². The lowest BCUT2D eigenvalue weighted by Crippen LogP contribution is -2.42. The van der Waals surface area contributed by atoms with Crippen molar-refractivity contribution in [2.45, 2.75) is 30.0 Å². The van der Waals surface area contributed by atoms with Crippen LogP contribution in [0.25, 0.3) is 0 Å². The van der Waals surface area contributed by atoms with Crippen molar-refractivity contribution in [1.29, 1.82) is 0 Å². The van der Waals surface area contributed by atoms with E-state index in [1.54, 1.807) is 0 Å². The highest BCUT2D eigenvalue weighted by molar-refractivity contribution is 7.92. The Morgan fingerprint density at radius 2 is 1.76 bits per heavy atom. The predicted octanol–water partition coefficient (Wildman–Crippen LogP) is 1.02. The molecule has 0 heterocycles. The van der Waals surface area contributed by atoms with Crippen molar-refractivity contribution >= 4 is 21.7 Å². The average molecular weight is 317 g/mol. The van der Waals surface area contributed by atoms with E-state index in [1.165, 1.54) is 38.1 Å². The Balaban J connectivity index is 2.93. The molecule has 0 aliphatic heterocycles. The van der Waals surface area contributed by atoms with Gasteiger partial charge in [0.2, 0.25) is 0 Å². The summed E-state index contributed by atoms with van der Waals surface area (Å²) in [4.78, 5) is 22.4. The molecule has 0 saturated carbocycles. The Morgan fingerprint density at radius 3 is 2.14 bits per heavy atom. The first-order valence-corrected chi connectivity index (χ1v) is 7.68. The second kappa shape index (κ2) is 6.66. The Labute approximate surface area is 121 Å². The molecule has 0 spiro atoms. The number of carbonyl (C=O) groups is 2. The van der Waals surface area contributed by atoms with Crippen LogP contribution in [0, 0.1) is 0 Å². The van der Waals surface area contributed by atoms with E-state index in [9.17, 15) is 22.4 Å². The number of hydrogen-bond acceptors (Lipinski definition) is 4. The predicted molar refractivity (Wildman–Crippen MR) is 73.6 cm³/mol. The minimum absolute atomic E-state index is 0.0532. The fraction of sp³-hybridized carbons (Fsp3) is 0.385. The van der Waals surface area contributed by atoms with Crippen molar-refractivity contribution < 1.29 is 27.5 Å². The monoisotopic (exact) mass is 317 g/mol. The molecule has 1 atom stereocenters. The van der Waals surface area contributed by atoms with Gasteiger partial charge in [-0.3, -0.25) is 4.79 Å². The van der Waals surface area contributed by atoms with Gasteiger partial charge in [-0.25, -0.2) is 17.6 Å².